The van der Waals surface area contributed by atoms with Crippen molar-refractivity contribution in [2.45, 2.75) is 6.54 Å². The predicted octanol–water partition coefficient (Wildman–Crippen LogP) is 1.97. The first-order chi connectivity index (χ1) is 6.88. The third-order valence-electron chi connectivity index (χ3n) is 2.03. The molecule has 0 aliphatic heterocycles. The number of benzene rings is 1. The third-order valence-corrected chi connectivity index (χ3v) is 2.03. The van der Waals surface area contributed by atoms with E-state index >= 15 is 0 Å². The molecule has 1 aromatic carbocycles. The van der Waals surface area contributed by atoms with E-state index in [4.69, 9.17) is 0 Å². The molecule has 0 spiro atoms. The van der Waals surface area contributed by atoms with Crippen molar-refractivity contribution in [3.05, 3.63) is 54.4 Å². The molecule has 3 nitrogen and oxygen atoms in total. The lowest BCUT2D eigenvalue weighted by Gasteiger charge is -2.00. The average molecular weight is 185 g/mol. The summed E-state index contributed by atoms with van der Waals surface area (Å²) < 4.78 is 1.79. The van der Waals surface area contributed by atoms with Crippen molar-refractivity contribution in [2.24, 2.45) is 0 Å². The molecule has 70 valence electrons. The van der Waals surface area contributed by atoms with E-state index in [1.54, 1.807) is 10.9 Å². The fraction of sp³-hybridized carbons (Fsp3) is 0.0909. The normalized spacial score (nSPS) is 10.0. The smallest absolute Gasteiger partial charge is 0.0693 e. The molecule has 0 saturated heterocycles. The van der Waals surface area contributed by atoms with Crippen LogP contribution in [0.3, 0.4) is 0 Å². The van der Waals surface area contributed by atoms with Gasteiger partial charge in [0.1, 0.15) is 0 Å². The molecule has 0 bridgehead atoms. The minimum Gasteiger partial charge on any atom is -0.248 e. The second-order valence-electron chi connectivity index (χ2n) is 3.05. The van der Waals surface area contributed by atoms with Gasteiger partial charge in [-0.05, 0) is 11.1 Å². The lowest BCUT2D eigenvalue weighted by atomic mass is 10.1. The van der Waals surface area contributed by atoms with E-state index in [9.17, 15) is 0 Å². The molecule has 0 atom stereocenters. The molecule has 2 rings (SSSR count). The summed E-state index contributed by atoms with van der Waals surface area (Å²) in [4.78, 5) is 0. The fourth-order valence-corrected chi connectivity index (χ4v) is 1.26. The number of hydrogen-bond acceptors (Lipinski definition) is 2. The van der Waals surface area contributed by atoms with Crippen molar-refractivity contribution >= 4 is 6.08 Å². The molecule has 0 N–H and O–H groups in total. The van der Waals surface area contributed by atoms with Crippen molar-refractivity contribution < 1.29 is 0 Å². The van der Waals surface area contributed by atoms with Crippen LogP contribution in [0.4, 0.5) is 0 Å². The Labute approximate surface area is 82.7 Å². The Morgan fingerprint density at radius 2 is 2.07 bits per heavy atom. The molecule has 0 aliphatic carbocycles. The molecule has 1 heterocycles. The summed E-state index contributed by atoms with van der Waals surface area (Å²) in [5.41, 5.74) is 2.34. The zero-order valence-corrected chi connectivity index (χ0v) is 7.80. The highest BCUT2D eigenvalue weighted by Crippen LogP contribution is 2.06. The Morgan fingerprint density at radius 3 is 2.64 bits per heavy atom. The molecule has 0 radical (unpaired) electrons. The Kier molecular flexibility index (Phi) is 2.40. The number of nitrogens with zero attached hydrogens (tertiary/aromatic N) is 3. The standard InChI is InChI=1S/C11H11N3/c1-2-10-3-5-11(6-4-10)9-14-8-7-12-13-14/h2-8H,1,9H2. The molecule has 0 aliphatic rings. The van der Waals surface area contributed by atoms with Gasteiger partial charge in [0, 0.05) is 6.20 Å². The molecule has 0 fully saturated rings. The van der Waals surface area contributed by atoms with Gasteiger partial charge in [-0.25, -0.2) is 4.68 Å². The van der Waals surface area contributed by atoms with E-state index < -0.39 is 0 Å². The van der Waals surface area contributed by atoms with Crippen molar-refractivity contribution in [2.75, 3.05) is 0 Å². The third kappa shape index (κ3) is 1.88. The second-order valence-corrected chi connectivity index (χ2v) is 3.05. The lowest BCUT2D eigenvalue weighted by Crippen LogP contribution is -2.00. The zero-order valence-electron chi connectivity index (χ0n) is 7.80. The molecule has 1 aromatic heterocycles. The minimum atomic E-state index is 0.761. The number of hydrogen-bond donors (Lipinski definition) is 0. The largest absolute Gasteiger partial charge is 0.248 e. The molecule has 0 saturated carbocycles. The van der Waals surface area contributed by atoms with Gasteiger partial charge < -0.3 is 0 Å². The Bertz CT molecular complexity index is 401. The van der Waals surface area contributed by atoms with E-state index in [0.717, 1.165) is 12.1 Å². The first-order valence-electron chi connectivity index (χ1n) is 4.44. The molecule has 0 unspecified atom stereocenters. The SMILES string of the molecule is C=Cc1ccc(Cn2ccnn2)cc1. The highest BCUT2D eigenvalue weighted by Gasteiger charge is 1.94. The fourth-order valence-electron chi connectivity index (χ4n) is 1.26. The summed E-state index contributed by atoms with van der Waals surface area (Å²) >= 11 is 0. The van der Waals surface area contributed by atoms with E-state index in [0.29, 0.717) is 0 Å². The summed E-state index contributed by atoms with van der Waals surface area (Å²) in [5, 5.41) is 7.65. The maximum atomic E-state index is 3.90. The van der Waals surface area contributed by atoms with Gasteiger partial charge in [-0.15, -0.1) is 5.10 Å². The molecule has 0 amide bonds. The highest BCUT2D eigenvalue weighted by molar-refractivity contribution is 5.47. The van der Waals surface area contributed by atoms with Gasteiger partial charge in [0.05, 0.1) is 12.7 Å². The van der Waals surface area contributed by atoms with Crippen LogP contribution in [0.15, 0.2) is 43.2 Å². The maximum Gasteiger partial charge on any atom is 0.0693 e. The van der Waals surface area contributed by atoms with E-state index in [1.807, 2.05) is 24.4 Å². The van der Waals surface area contributed by atoms with Crippen molar-refractivity contribution in [1.29, 1.82) is 0 Å². The molecular formula is C11H11N3. The summed E-state index contributed by atoms with van der Waals surface area (Å²) in [6, 6.07) is 8.22. The van der Waals surface area contributed by atoms with Gasteiger partial charge in [0.15, 0.2) is 0 Å². The van der Waals surface area contributed by atoms with E-state index in [1.165, 1.54) is 5.56 Å². The van der Waals surface area contributed by atoms with Crippen molar-refractivity contribution in [1.82, 2.24) is 15.0 Å². The van der Waals surface area contributed by atoms with Gasteiger partial charge in [-0.1, -0.05) is 42.1 Å². The van der Waals surface area contributed by atoms with Crippen LogP contribution >= 0.6 is 0 Å². The summed E-state index contributed by atoms with van der Waals surface area (Å²) in [6.45, 7) is 4.47. The van der Waals surface area contributed by atoms with E-state index in [2.05, 4.69) is 29.0 Å². The van der Waals surface area contributed by atoms with Gasteiger partial charge in [-0.2, -0.15) is 0 Å². The second kappa shape index (κ2) is 3.87. The molecule has 14 heavy (non-hydrogen) atoms. The quantitative estimate of drug-likeness (QED) is 0.732. The van der Waals surface area contributed by atoms with Gasteiger partial charge in [-0.3, -0.25) is 0 Å². The van der Waals surface area contributed by atoms with E-state index in [-0.39, 0.29) is 0 Å². The molecule has 3 heteroatoms. The number of aromatic nitrogens is 3. The first-order valence-corrected chi connectivity index (χ1v) is 4.44. The summed E-state index contributed by atoms with van der Waals surface area (Å²) in [6.07, 6.45) is 5.36. The molecule has 2 aromatic rings. The highest BCUT2D eigenvalue weighted by atomic mass is 15.4. The maximum absolute atomic E-state index is 3.90. The Hall–Kier alpha value is -1.90. The van der Waals surface area contributed by atoms with Crippen LogP contribution in [0, 0.1) is 0 Å². The Morgan fingerprint density at radius 1 is 1.29 bits per heavy atom. The number of rotatable bonds is 3. The predicted molar refractivity (Wildman–Crippen MR) is 55.7 cm³/mol. The van der Waals surface area contributed by atoms with Crippen LogP contribution in [0.5, 0.6) is 0 Å². The average Bonchev–Trinajstić information content (AvgIpc) is 2.72. The summed E-state index contributed by atoms with van der Waals surface area (Å²) in [5.74, 6) is 0. The zero-order chi connectivity index (χ0) is 9.80. The monoisotopic (exact) mass is 185 g/mol. The van der Waals surface area contributed by atoms with Crippen molar-refractivity contribution in [3.63, 3.8) is 0 Å². The van der Waals surface area contributed by atoms with Gasteiger partial charge in [0.25, 0.3) is 0 Å². The van der Waals surface area contributed by atoms with Gasteiger partial charge in [0.2, 0.25) is 0 Å². The van der Waals surface area contributed by atoms with Crippen LogP contribution < -0.4 is 0 Å². The Balaban J connectivity index is 2.14. The van der Waals surface area contributed by atoms with Crippen LogP contribution in [0.1, 0.15) is 11.1 Å². The first kappa shape index (κ1) is 8.69. The van der Waals surface area contributed by atoms with Crippen LogP contribution in [0.25, 0.3) is 6.08 Å². The van der Waals surface area contributed by atoms with Crippen molar-refractivity contribution in [3.8, 4) is 0 Å². The van der Waals surface area contributed by atoms with Crippen LogP contribution in [0.2, 0.25) is 0 Å². The topological polar surface area (TPSA) is 30.7 Å². The van der Waals surface area contributed by atoms with Gasteiger partial charge >= 0.3 is 0 Å². The van der Waals surface area contributed by atoms with Crippen LogP contribution in [-0.4, -0.2) is 15.0 Å². The van der Waals surface area contributed by atoms with Crippen LogP contribution in [-0.2, 0) is 6.54 Å². The molecular weight excluding hydrogens is 174 g/mol. The lowest BCUT2D eigenvalue weighted by molar-refractivity contribution is 0.649. The minimum absolute atomic E-state index is 0.761. The summed E-state index contributed by atoms with van der Waals surface area (Å²) in [7, 11) is 0.